The van der Waals surface area contributed by atoms with Crippen LogP contribution in [0.25, 0.3) is 49.9 Å². The zero-order valence-corrected chi connectivity index (χ0v) is 37.6. The molecule has 0 saturated heterocycles. The molecule has 0 unspecified atom stereocenters. The molecule has 10 rings (SSSR count). The van der Waals surface area contributed by atoms with Crippen LogP contribution in [0.3, 0.4) is 0 Å². The maximum Gasteiger partial charge on any atom is 2.00 e. The van der Waals surface area contributed by atoms with Crippen molar-refractivity contribution < 1.29 is 34.6 Å². The van der Waals surface area contributed by atoms with Crippen molar-refractivity contribution in [2.24, 2.45) is 0 Å². The Morgan fingerprint density at radius 3 is 2.03 bits per heavy atom. The summed E-state index contributed by atoms with van der Waals surface area (Å²) in [6.45, 7) is 11.0. The maximum atomic E-state index is 14.6. The summed E-state index contributed by atoms with van der Waals surface area (Å²) in [7, 11) is 0. The van der Waals surface area contributed by atoms with Gasteiger partial charge in [0.15, 0.2) is 0 Å². The quantitative estimate of drug-likeness (QED) is 0.112. The standard InChI is InChI=1S/C55H42F2N4O.Pt/c1-35(2)44-14-6-7-15-45(44)37-28-41(59-34-60(52-21-13-12-20-51(52)59)49-18-10-8-16-46(49)36-26-39(56)31-40(57)27-36)32-43(29-37)62-42-22-23-48-47-17-9-11-19-50(47)61(53(48)33-42)54-30-38(24-25-58-54)55(3,4)5;/h6-31,35H,1-5H3;/q;+2. The van der Waals surface area contributed by atoms with Crippen molar-refractivity contribution in [3.05, 3.63) is 193 Å². The van der Waals surface area contributed by atoms with E-state index in [0.29, 0.717) is 34.0 Å². The van der Waals surface area contributed by atoms with Gasteiger partial charge in [-0.05, 0) is 79.9 Å². The Kier molecular flexibility index (Phi) is 10.9. The molecule has 0 radical (unpaired) electrons. The fraction of sp³-hybridized carbons (Fsp3) is 0.127. The van der Waals surface area contributed by atoms with Gasteiger partial charge in [0.25, 0.3) is 11.4 Å². The molecule has 0 fully saturated rings. The first kappa shape index (κ1) is 41.6. The minimum Gasteiger partial charge on any atom is -0.509 e. The number of fused-ring (bicyclic) bond motifs is 4. The molecule has 0 spiro atoms. The fourth-order valence-corrected chi connectivity index (χ4v) is 8.46. The monoisotopic (exact) mass is 1010 g/mol. The van der Waals surface area contributed by atoms with Crippen molar-refractivity contribution in [3.63, 3.8) is 0 Å². The van der Waals surface area contributed by atoms with Gasteiger partial charge in [-0.2, -0.15) is 6.07 Å². The Hall–Kier alpha value is -6.78. The summed E-state index contributed by atoms with van der Waals surface area (Å²) >= 11 is 0. The molecule has 0 bridgehead atoms. The van der Waals surface area contributed by atoms with E-state index in [4.69, 9.17) is 9.72 Å². The molecule has 0 saturated carbocycles. The zero-order chi connectivity index (χ0) is 42.7. The number of nitrogens with zero attached hydrogens (tertiary/aromatic N) is 4. The van der Waals surface area contributed by atoms with Gasteiger partial charge in [0.05, 0.1) is 5.56 Å². The van der Waals surface area contributed by atoms with E-state index >= 15 is 0 Å². The largest absolute Gasteiger partial charge is 2.00 e. The first-order chi connectivity index (χ1) is 30.0. The Bertz CT molecular complexity index is 3300. The second kappa shape index (κ2) is 16.5. The molecule has 9 aromatic rings. The Labute approximate surface area is 380 Å². The molecule has 0 aliphatic carbocycles. The second-order valence-corrected chi connectivity index (χ2v) is 17.0. The first-order valence-electron chi connectivity index (χ1n) is 20.8. The van der Waals surface area contributed by atoms with Crippen LogP contribution in [-0.4, -0.2) is 15.6 Å². The Morgan fingerprint density at radius 1 is 0.635 bits per heavy atom. The molecule has 310 valence electrons. The third-order valence-corrected chi connectivity index (χ3v) is 11.5. The topological polar surface area (TPSA) is 33.1 Å². The van der Waals surface area contributed by atoms with Crippen LogP contribution in [0.4, 0.5) is 31.5 Å². The van der Waals surface area contributed by atoms with Crippen LogP contribution in [0.1, 0.15) is 51.7 Å². The van der Waals surface area contributed by atoms with Crippen molar-refractivity contribution >= 4 is 50.6 Å². The van der Waals surface area contributed by atoms with Gasteiger partial charge in [0, 0.05) is 47.5 Å². The normalized spacial score (nSPS) is 12.3. The zero-order valence-electron chi connectivity index (χ0n) is 35.4. The van der Waals surface area contributed by atoms with Crippen molar-refractivity contribution in [2.45, 2.75) is 46.0 Å². The molecule has 1 aliphatic heterocycles. The smallest absolute Gasteiger partial charge is 0.509 e. The summed E-state index contributed by atoms with van der Waals surface area (Å²) in [5.41, 5.74) is 10.4. The van der Waals surface area contributed by atoms with Crippen molar-refractivity contribution in [2.75, 3.05) is 0 Å². The summed E-state index contributed by atoms with van der Waals surface area (Å²) in [4.78, 5) is 4.86. The maximum absolute atomic E-state index is 14.6. The average molecular weight is 1010 g/mol. The van der Waals surface area contributed by atoms with Crippen LogP contribution in [0, 0.1) is 23.8 Å². The summed E-state index contributed by atoms with van der Waals surface area (Å²) in [6, 6.07) is 59.1. The molecule has 0 N–H and O–H groups in total. The summed E-state index contributed by atoms with van der Waals surface area (Å²) < 4.78 is 42.0. The van der Waals surface area contributed by atoms with Crippen molar-refractivity contribution in [1.29, 1.82) is 0 Å². The predicted molar refractivity (Wildman–Crippen MR) is 247 cm³/mol. The SMILES string of the molecule is CC(C)c1ccccc1-c1cc(Oc2[c-]c3c(cc2)c2ccccc2n3-c2cc(C(C)(C)C)ccn2)[c-]c([N+]2=C=[N+](c3ccccc3-c3cc(F)cc(F)c3)c3ccccc32)c1.[Pt+2]. The molecule has 3 heterocycles. The Morgan fingerprint density at radius 2 is 1.29 bits per heavy atom. The molecule has 2 aromatic heterocycles. The molecule has 63 heavy (non-hydrogen) atoms. The van der Waals surface area contributed by atoms with Gasteiger partial charge >= 0.3 is 27.1 Å². The van der Waals surface area contributed by atoms with Crippen molar-refractivity contribution in [1.82, 2.24) is 18.7 Å². The van der Waals surface area contributed by atoms with E-state index < -0.39 is 11.6 Å². The van der Waals surface area contributed by atoms with Gasteiger partial charge in [-0.15, -0.1) is 29.1 Å². The summed E-state index contributed by atoms with van der Waals surface area (Å²) in [6.07, 6.45) is 1.87. The minimum atomic E-state index is -0.642. The number of para-hydroxylation sites is 4. The number of aromatic nitrogens is 2. The first-order valence-corrected chi connectivity index (χ1v) is 20.8. The average Bonchev–Trinajstić information content (AvgIpc) is 3.82. The fourth-order valence-electron chi connectivity index (χ4n) is 8.46. The summed E-state index contributed by atoms with van der Waals surface area (Å²) in [5, 5.41) is 2.14. The molecule has 8 heteroatoms. The molecule has 1 aliphatic rings. The van der Waals surface area contributed by atoms with E-state index in [1.54, 1.807) is 0 Å². The Balaban J connectivity index is 0.00000504. The van der Waals surface area contributed by atoms with E-state index in [1.165, 1.54) is 23.3 Å². The van der Waals surface area contributed by atoms with E-state index in [1.807, 2.05) is 82.1 Å². The number of pyridine rings is 1. The van der Waals surface area contributed by atoms with Gasteiger partial charge in [0.2, 0.25) is 5.69 Å². The number of halogens is 2. The summed E-state index contributed by atoms with van der Waals surface area (Å²) in [5.74, 6) is 0.808. The van der Waals surface area contributed by atoms with Gasteiger partial charge in [-0.3, -0.25) is 0 Å². The van der Waals surface area contributed by atoms with Crippen LogP contribution in [0.5, 0.6) is 11.5 Å². The third-order valence-electron chi connectivity index (χ3n) is 11.5. The third kappa shape index (κ3) is 7.73. The van der Waals surface area contributed by atoms with Gasteiger partial charge < -0.3 is 9.30 Å². The number of hydrogen-bond donors (Lipinski definition) is 0. The van der Waals surface area contributed by atoms with E-state index in [0.717, 1.165) is 56.2 Å². The van der Waals surface area contributed by atoms with Crippen molar-refractivity contribution in [3.8, 4) is 39.6 Å². The van der Waals surface area contributed by atoms with Crippen LogP contribution < -0.4 is 13.9 Å². The number of rotatable bonds is 8. The number of hydrogen-bond acceptors (Lipinski definition) is 2. The number of ether oxygens (including phenoxy) is 1. The van der Waals surface area contributed by atoms with Crippen LogP contribution in [0.15, 0.2) is 158 Å². The van der Waals surface area contributed by atoms with Crippen LogP contribution in [-0.2, 0) is 26.5 Å². The second-order valence-electron chi connectivity index (χ2n) is 17.0. The minimum absolute atomic E-state index is 0. The molecule has 0 atom stereocenters. The van der Waals surface area contributed by atoms with Gasteiger partial charge in [0.1, 0.15) is 23.1 Å². The van der Waals surface area contributed by atoms with E-state index in [-0.39, 0.29) is 32.4 Å². The van der Waals surface area contributed by atoms with Crippen LogP contribution in [0.2, 0.25) is 0 Å². The van der Waals surface area contributed by atoms with E-state index in [2.05, 4.69) is 124 Å². The molecule has 0 amide bonds. The molecule has 5 nitrogen and oxygen atoms in total. The van der Waals surface area contributed by atoms with Crippen LogP contribution >= 0.6 is 0 Å². The molecular formula is C55H42F2N4OPt+2. The van der Waals surface area contributed by atoms with Gasteiger partial charge in [-0.1, -0.05) is 124 Å². The van der Waals surface area contributed by atoms with Gasteiger partial charge in [-0.25, -0.2) is 13.8 Å². The predicted octanol–water partition coefficient (Wildman–Crippen LogP) is 14.5. The van der Waals surface area contributed by atoms with E-state index in [9.17, 15) is 8.78 Å². The molecular weight excluding hydrogens is 966 g/mol. The molecule has 7 aromatic carbocycles. The number of benzene rings is 7.